The van der Waals surface area contributed by atoms with Gasteiger partial charge in [-0.25, -0.2) is 4.79 Å². The van der Waals surface area contributed by atoms with Gasteiger partial charge in [-0.1, -0.05) is 60.7 Å². The van der Waals surface area contributed by atoms with Gasteiger partial charge >= 0.3 is 5.97 Å². The molecule has 5 nitrogen and oxygen atoms in total. The zero-order valence-electron chi connectivity index (χ0n) is 14.7. The van der Waals surface area contributed by atoms with E-state index in [2.05, 4.69) is 5.32 Å². The minimum absolute atomic E-state index is 0.0245. The molecule has 2 rings (SSSR count). The Morgan fingerprint density at radius 1 is 0.960 bits per heavy atom. The number of amides is 1. The minimum Gasteiger partial charge on any atom is -0.477 e. The molecule has 0 fully saturated rings. The summed E-state index contributed by atoms with van der Waals surface area (Å²) < 4.78 is 0.316. The minimum atomic E-state index is -0.845. The van der Waals surface area contributed by atoms with Gasteiger partial charge in [0.2, 0.25) is 5.91 Å². The van der Waals surface area contributed by atoms with Gasteiger partial charge in [0.05, 0.1) is 33.1 Å². The number of carboxylic acid groups (broad SMARTS) is 1. The second-order valence-corrected chi connectivity index (χ2v) is 6.76. The summed E-state index contributed by atoms with van der Waals surface area (Å²) in [5.41, 5.74) is 1.87. The van der Waals surface area contributed by atoms with Crippen molar-refractivity contribution in [1.29, 1.82) is 0 Å². The zero-order chi connectivity index (χ0) is 18.3. The third kappa shape index (κ3) is 5.72. The molecule has 1 amide bonds. The number of nitrogens with one attached hydrogen (secondary N) is 1. The maximum Gasteiger partial charge on any atom is 0.359 e. The highest BCUT2D eigenvalue weighted by atomic mass is 16.4. The van der Waals surface area contributed by atoms with Crippen molar-refractivity contribution < 1.29 is 19.2 Å². The van der Waals surface area contributed by atoms with Crippen LogP contribution in [0, 0.1) is 0 Å². The molecule has 2 N–H and O–H groups in total. The van der Waals surface area contributed by atoms with Crippen molar-refractivity contribution in [3.63, 3.8) is 0 Å². The average molecular weight is 341 g/mol. The van der Waals surface area contributed by atoms with Gasteiger partial charge in [-0.3, -0.25) is 4.79 Å². The van der Waals surface area contributed by atoms with Gasteiger partial charge in [0.15, 0.2) is 6.54 Å². The number of hydrogen-bond donors (Lipinski definition) is 2. The normalized spacial score (nSPS) is 11.3. The van der Waals surface area contributed by atoms with Crippen LogP contribution in [0.25, 0.3) is 0 Å². The molecule has 5 heteroatoms. The molecule has 0 bridgehead atoms. The number of carbonyl (C=O) groups is 2. The molecule has 2 aromatic rings. The Balaban J connectivity index is 2.08. The highest BCUT2D eigenvalue weighted by molar-refractivity contribution is 5.87. The summed E-state index contributed by atoms with van der Waals surface area (Å²) in [5, 5.41) is 11.9. The van der Waals surface area contributed by atoms with Crippen LogP contribution in [0.3, 0.4) is 0 Å². The summed E-state index contributed by atoms with van der Waals surface area (Å²) in [6.45, 7) is 1.00. The molecule has 0 atom stereocenters. The van der Waals surface area contributed by atoms with Crippen molar-refractivity contribution in [1.82, 2.24) is 5.32 Å². The Morgan fingerprint density at radius 2 is 1.44 bits per heavy atom. The standard InChI is InChI=1S/C20H24N2O3/c1-22(2,15-18(23)24)14-13-21-20(25)19(16-9-5-3-6-10-16)17-11-7-4-8-12-17/h3-12,19H,13-15H2,1-2H3,(H-,21,23,24,25)/p+1. The third-order valence-corrected chi connectivity index (χ3v) is 4.11. The highest BCUT2D eigenvalue weighted by Gasteiger charge is 2.24. The lowest BCUT2D eigenvalue weighted by molar-refractivity contribution is -0.881. The van der Waals surface area contributed by atoms with Crippen LogP contribution >= 0.6 is 0 Å². The first-order valence-corrected chi connectivity index (χ1v) is 8.30. The lowest BCUT2D eigenvalue weighted by Crippen LogP contribution is -2.48. The maximum atomic E-state index is 12.8. The summed E-state index contributed by atoms with van der Waals surface area (Å²) in [5.74, 6) is -1.30. The predicted molar refractivity (Wildman–Crippen MR) is 97.2 cm³/mol. The largest absolute Gasteiger partial charge is 0.477 e. The first kappa shape index (κ1) is 18.7. The fraction of sp³-hybridized carbons (Fsp3) is 0.300. The Labute approximate surface area is 148 Å². The summed E-state index contributed by atoms with van der Waals surface area (Å²) in [6.07, 6.45) is 0. The number of benzene rings is 2. The monoisotopic (exact) mass is 341 g/mol. The van der Waals surface area contributed by atoms with Crippen LogP contribution in [0.1, 0.15) is 17.0 Å². The predicted octanol–water partition coefficient (Wildman–Crippen LogP) is 2.10. The molecule has 132 valence electrons. The number of nitrogens with zero attached hydrogens (tertiary/aromatic N) is 1. The molecule has 0 spiro atoms. The topological polar surface area (TPSA) is 66.4 Å². The summed E-state index contributed by atoms with van der Waals surface area (Å²) in [7, 11) is 3.68. The third-order valence-electron chi connectivity index (χ3n) is 4.11. The molecule has 0 heterocycles. The van der Waals surface area contributed by atoms with Crippen molar-refractivity contribution in [2.75, 3.05) is 33.7 Å². The molecule has 0 radical (unpaired) electrons. The van der Waals surface area contributed by atoms with E-state index in [1.807, 2.05) is 74.8 Å². The molecule has 0 saturated heterocycles. The fourth-order valence-corrected chi connectivity index (χ4v) is 2.82. The number of aliphatic carboxylic acids is 1. The van der Waals surface area contributed by atoms with Gasteiger partial charge < -0.3 is 14.9 Å². The van der Waals surface area contributed by atoms with Crippen molar-refractivity contribution >= 4 is 11.9 Å². The molecular weight excluding hydrogens is 316 g/mol. The van der Waals surface area contributed by atoms with Crippen molar-refractivity contribution in [2.45, 2.75) is 5.92 Å². The Morgan fingerprint density at radius 3 is 1.88 bits per heavy atom. The van der Waals surface area contributed by atoms with Crippen LogP contribution in [0.5, 0.6) is 0 Å². The smallest absolute Gasteiger partial charge is 0.359 e. The van der Waals surface area contributed by atoms with Gasteiger partial charge in [0.25, 0.3) is 0 Å². The first-order valence-electron chi connectivity index (χ1n) is 8.30. The summed E-state index contributed by atoms with van der Waals surface area (Å²) in [4.78, 5) is 23.7. The molecule has 0 aliphatic heterocycles. The van der Waals surface area contributed by atoms with Crippen LogP contribution in [-0.4, -0.2) is 55.2 Å². The molecule has 0 saturated carbocycles. The molecular formula is C20H25N2O3+. The van der Waals surface area contributed by atoms with Gasteiger partial charge in [-0.15, -0.1) is 0 Å². The van der Waals surface area contributed by atoms with Gasteiger partial charge in [0.1, 0.15) is 0 Å². The molecule has 0 aliphatic rings. The van der Waals surface area contributed by atoms with E-state index >= 15 is 0 Å². The number of rotatable bonds is 8. The summed E-state index contributed by atoms with van der Waals surface area (Å²) >= 11 is 0. The van der Waals surface area contributed by atoms with E-state index in [1.54, 1.807) is 0 Å². The van der Waals surface area contributed by atoms with E-state index in [0.29, 0.717) is 17.6 Å². The van der Waals surface area contributed by atoms with E-state index in [1.165, 1.54) is 0 Å². The van der Waals surface area contributed by atoms with Gasteiger partial charge in [0, 0.05) is 0 Å². The van der Waals surface area contributed by atoms with Crippen molar-refractivity contribution in [3.05, 3.63) is 71.8 Å². The SMILES string of the molecule is C[N+](C)(CCNC(=O)C(c1ccccc1)c1ccccc1)CC(=O)O. The van der Waals surface area contributed by atoms with Gasteiger partial charge in [-0.2, -0.15) is 0 Å². The Kier molecular flexibility index (Phi) is 6.31. The first-order chi connectivity index (χ1) is 11.9. The van der Waals surface area contributed by atoms with Crippen LogP contribution in [-0.2, 0) is 9.59 Å². The second-order valence-electron chi connectivity index (χ2n) is 6.76. The van der Waals surface area contributed by atoms with E-state index < -0.39 is 5.97 Å². The number of quaternary nitrogens is 1. The molecule has 2 aromatic carbocycles. The van der Waals surface area contributed by atoms with Gasteiger partial charge in [-0.05, 0) is 11.1 Å². The summed E-state index contributed by atoms with van der Waals surface area (Å²) in [6, 6.07) is 19.3. The second kappa shape index (κ2) is 8.44. The Hall–Kier alpha value is -2.66. The quantitative estimate of drug-likeness (QED) is 0.723. The zero-order valence-corrected chi connectivity index (χ0v) is 14.7. The number of likely N-dealkylation sites (N-methyl/N-ethyl adjacent to an activating group) is 1. The molecule has 0 aromatic heterocycles. The molecule has 0 aliphatic carbocycles. The van der Waals surface area contributed by atoms with E-state index in [9.17, 15) is 9.59 Å². The lowest BCUT2D eigenvalue weighted by atomic mass is 9.90. The number of hydrogen-bond acceptors (Lipinski definition) is 2. The van der Waals surface area contributed by atoms with Crippen molar-refractivity contribution in [3.8, 4) is 0 Å². The van der Waals surface area contributed by atoms with E-state index in [0.717, 1.165) is 11.1 Å². The van der Waals surface area contributed by atoms with Crippen LogP contribution < -0.4 is 5.32 Å². The van der Waals surface area contributed by atoms with Crippen molar-refractivity contribution in [2.24, 2.45) is 0 Å². The molecule has 25 heavy (non-hydrogen) atoms. The number of carboxylic acids is 1. The number of carbonyl (C=O) groups excluding carboxylic acids is 1. The van der Waals surface area contributed by atoms with E-state index in [4.69, 9.17) is 5.11 Å². The van der Waals surface area contributed by atoms with Crippen LogP contribution in [0.15, 0.2) is 60.7 Å². The fourth-order valence-electron chi connectivity index (χ4n) is 2.82. The van der Waals surface area contributed by atoms with Crippen LogP contribution in [0.4, 0.5) is 0 Å². The highest BCUT2D eigenvalue weighted by Crippen LogP contribution is 2.24. The molecule has 0 unspecified atom stereocenters. The Bertz CT molecular complexity index is 660. The lowest BCUT2D eigenvalue weighted by Gasteiger charge is -2.28. The van der Waals surface area contributed by atoms with Crippen LogP contribution in [0.2, 0.25) is 0 Å². The average Bonchev–Trinajstić information content (AvgIpc) is 2.55. The maximum absolute atomic E-state index is 12.8. The van der Waals surface area contributed by atoms with E-state index in [-0.39, 0.29) is 18.4 Å².